The molecule has 0 atom stereocenters. The van der Waals surface area contributed by atoms with Crippen molar-refractivity contribution >= 4 is 12.1 Å². The van der Waals surface area contributed by atoms with Crippen LogP contribution in [0.25, 0.3) is 0 Å². The Balaban J connectivity index is 3.46. The molecule has 0 aliphatic heterocycles. The summed E-state index contributed by atoms with van der Waals surface area (Å²) in [4.78, 5) is 24.0. The van der Waals surface area contributed by atoms with E-state index in [9.17, 15) is 9.59 Å². The van der Waals surface area contributed by atoms with Crippen molar-refractivity contribution in [3.8, 4) is 5.75 Å². The average Bonchev–Trinajstić information content (AvgIpc) is 2.47. The molecule has 0 heterocycles. The van der Waals surface area contributed by atoms with Gasteiger partial charge in [-0.2, -0.15) is 0 Å². The van der Waals surface area contributed by atoms with Crippen molar-refractivity contribution in [3.63, 3.8) is 0 Å². The Morgan fingerprint density at radius 3 is 2.04 bits per heavy atom. The van der Waals surface area contributed by atoms with Gasteiger partial charge >= 0.3 is 12.1 Å². The zero-order valence-electron chi connectivity index (χ0n) is 14.8. The lowest BCUT2D eigenvalue weighted by Crippen LogP contribution is -2.16. The lowest BCUT2D eigenvalue weighted by Gasteiger charge is -2.19. The van der Waals surface area contributed by atoms with Gasteiger partial charge in [0.05, 0.1) is 13.2 Å². The Morgan fingerprint density at radius 1 is 0.957 bits per heavy atom. The Morgan fingerprint density at radius 2 is 1.57 bits per heavy atom. The van der Waals surface area contributed by atoms with Crippen LogP contribution in [0.1, 0.15) is 74.9 Å². The maximum absolute atomic E-state index is 12.3. The maximum atomic E-state index is 12.3. The van der Waals surface area contributed by atoms with Gasteiger partial charge in [-0.25, -0.2) is 9.59 Å². The first kappa shape index (κ1) is 19.0. The Labute approximate surface area is 137 Å². The predicted molar refractivity (Wildman–Crippen MR) is 88.2 cm³/mol. The molecule has 0 aliphatic carbocycles. The predicted octanol–water partition coefficient (Wildman–Crippen LogP) is 4.65. The summed E-state index contributed by atoms with van der Waals surface area (Å²) in [5.41, 5.74) is 2.04. The molecule has 0 spiro atoms. The van der Waals surface area contributed by atoms with Crippen LogP contribution in [0.4, 0.5) is 4.79 Å². The third kappa shape index (κ3) is 4.98. The third-order valence-corrected chi connectivity index (χ3v) is 3.37. The standard InChI is InChI=1S/C18H26O5/c1-7-21-17(19)15-10-13(11(3)4)9-14(12(5)6)16(15)23-18(20)22-8-2/h9-12H,7-8H2,1-6H3. The molecule has 1 rings (SSSR count). The summed E-state index contributed by atoms with van der Waals surface area (Å²) in [6, 6.07) is 3.69. The number of ether oxygens (including phenoxy) is 3. The summed E-state index contributed by atoms with van der Waals surface area (Å²) >= 11 is 0. The van der Waals surface area contributed by atoms with Crippen molar-refractivity contribution < 1.29 is 23.8 Å². The molecule has 0 amide bonds. The van der Waals surface area contributed by atoms with E-state index >= 15 is 0 Å². The Bertz CT molecular complexity index is 561. The molecule has 0 saturated carbocycles. The summed E-state index contributed by atoms with van der Waals surface area (Å²) in [5, 5.41) is 0. The van der Waals surface area contributed by atoms with Crippen LogP contribution < -0.4 is 4.74 Å². The number of esters is 1. The molecular formula is C18H26O5. The Kier molecular flexibility index (Phi) is 7.07. The fraction of sp³-hybridized carbons (Fsp3) is 0.556. The van der Waals surface area contributed by atoms with Gasteiger partial charge in [0.25, 0.3) is 0 Å². The molecule has 0 aromatic heterocycles. The van der Waals surface area contributed by atoms with Gasteiger partial charge < -0.3 is 14.2 Å². The first-order valence-corrected chi connectivity index (χ1v) is 8.01. The van der Waals surface area contributed by atoms with E-state index in [-0.39, 0.29) is 36.4 Å². The fourth-order valence-electron chi connectivity index (χ4n) is 2.14. The second-order valence-corrected chi connectivity index (χ2v) is 5.80. The molecule has 0 unspecified atom stereocenters. The zero-order chi connectivity index (χ0) is 17.6. The van der Waals surface area contributed by atoms with E-state index in [4.69, 9.17) is 14.2 Å². The van der Waals surface area contributed by atoms with Gasteiger partial charge in [-0.15, -0.1) is 0 Å². The minimum atomic E-state index is -0.822. The lowest BCUT2D eigenvalue weighted by molar-refractivity contribution is 0.0520. The summed E-state index contributed by atoms with van der Waals surface area (Å²) in [6.45, 7) is 11.9. The van der Waals surface area contributed by atoms with E-state index in [2.05, 4.69) is 0 Å². The van der Waals surface area contributed by atoms with Crippen molar-refractivity contribution in [3.05, 3.63) is 28.8 Å². The van der Waals surface area contributed by atoms with Gasteiger partial charge in [-0.3, -0.25) is 0 Å². The molecule has 5 nitrogen and oxygen atoms in total. The first-order chi connectivity index (χ1) is 10.8. The number of hydrogen-bond donors (Lipinski definition) is 0. The van der Waals surface area contributed by atoms with Gasteiger partial charge in [0.1, 0.15) is 5.56 Å². The van der Waals surface area contributed by atoms with Crippen LogP contribution in [0, 0.1) is 0 Å². The molecule has 0 N–H and O–H groups in total. The number of carbonyl (C=O) groups is 2. The second kappa shape index (κ2) is 8.56. The largest absolute Gasteiger partial charge is 0.513 e. The molecule has 0 fully saturated rings. The molecule has 128 valence electrons. The van der Waals surface area contributed by atoms with E-state index in [0.717, 1.165) is 11.1 Å². The summed E-state index contributed by atoms with van der Waals surface area (Å²) in [5.74, 6) is 0.0288. The Hall–Kier alpha value is -2.04. The molecule has 23 heavy (non-hydrogen) atoms. The van der Waals surface area contributed by atoms with Crippen molar-refractivity contribution in [1.29, 1.82) is 0 Å². The highest BCUT2D eigenvalue weighted by molar-refractivity contribution is 5.94. The first-order valence-electron chi connectivity index (χ1n) is 8.01. The van der Waals surface area contributed by atoms with E-state index in [1.165, 1.54) is 0 Å². The highest BCUT2D eigenvalue weighted by atomic mass is 16.7. The summed E-state index contributed by atoms with van der Waals surface area (Å²) in [6.07, 6.45) is -0.822. The minimum Gasteiger partial charge on any atom is -0.462 e. The molecule has 0 saturated heterocycles. The van der Waals surface area contributed by atoms with Crippen molar-refractivity contribution in [2.24, 2.45) is 0 Å². The van der Waals surface area contributed by atoms with Crippen molar-refractivity contribution in [2.75, 3.05) is 13.2 Å². The van der Waals surface area contributed by atoms with Crippen LogP contribution in [-0.4, -0.2) is 25.3 Å². The normalized spacial score (nSPS) is 10.8. The highest BCUT2D eigenvalue weighted by Crippen LogP contribution is 2.35. The average molecular weight is 322 g/mol. The molecule has 1 aromatic carbocycles. The highest BCUT2D eigenvalue weighted by Gasteiger charge is 2.24. The molecule has 0 aliphatic rings. The van der Waals surface area contributed by atoms with Crippen molar-refractivity contribution in [2.45, 2.75) is 53.4 Å². The van der Waals surface area contributed by atoms with E-state index in [0.29, 0.717) is 0 Å². The van der Waals surface area contributed by atoms with Crippen LogP contribution in [0.2, 0.25) is 0 Å². The van der Waals surface area contributed by atoms with Gasteiger partial charge in [0.2, 0.25) is 0 Å². The summed E-state index contributed by atoms with van der Waals surface area (Å²) < 4.78 is 15.3. The smallest absolute Gasteiger partial charge is 0.462 e. The van der Waals surface area contributed by atoms with Gasteiger partial charge in [0, 0.05) is 0 Å². The number of hydrogen-bond acceptors (Lipinski definition) is 5. The van der Waals surface area contributed by atoms with Crippen LogP contribution in [0.3, 0.4) is 0 Å². The monoisotopic (exact) mass is 322 g/mol. The fourth-order valence-corrected chi connectivity index (χ4v) is 2.14. The van der Waals surface area contributed by atoms with Crippen LogP contribution in [0.5, 0.6) is 5.75 Å². The molecular weight excluding hydrogens is 296 g/mol. The number of rotatable bonds is 6. The quantitative estimate of drug-likeness (QED) is 0.564. The minimum absolute atomic E-state index is 0.0753. The third-order valence-electron chi connectivity index (χ3n) is 3.37. The molecule has 0 radical (unpaired) electrons. The van der Waals surface area contributed by atoms with Crippen molar-refractivity contribution in [1.82, 2.24) is 0 Å². The van der Waals surface area contributed by atoms with Gasteiger partial charge in [-0.1, -0.05) is 33.8 Å². The van der Waals surface area contributed by atoms with Crippen LogP contribution in [0.15, 0.2) is 12.1 Å². The van der Waals surface area contributed by atoms with E-state index in [1.54, 1.807) is 19.9 Å². The maximum Gasteiger partial charge on any atom is 0.513 e. The van der Waals surface area contributed by atoms with Crippen LogP contribution in [-0.2, 0) is 9.47 Å². The topological polar surface area (TPSA) is 61.8 Å². The van der Waals surface area contributed by atoms with Gasteiger partial charge in [-0.05, 0) is 42.9 Å². The second-order valence-electron chi connectivity index (χ2n) is 5.80. The number of carbonyl (C=O) groups excluding carboxylic acids is 2. The van der Waals surface area contributed by atoms with E-state index in [1.807, 2.05) is 33.8 Å². The molecule has 0 bridgehead atoms. The lowest BCUT2D eigenvalue weighted by atomic mass is 9.92. The van der Waals surface area contributed by atoms with Gasteiger partial charge in [0.15, 0.2) is 5.75 Å². The SMILES string of the molecule is CCOC(=O)Oc1c(C(=O)OCC)cc(C(C)C)cc1C(C)C. The zero-order valence-corrected chi connectivity index (χ0v) is 14.8. The summed E-state index contributed by atoms with van der Waals surface area (Å²) in [7, 11) is 0. The molecule has 5 heteroatoms. The van der Waals surface area contributed by atoms with E-state index < -0.39 is 12.1 Å². The van der Waals surface area contributed by atoms with Crippen LogP contribution >= 0.6 is 0 Å². The number of benzene rings is 1. The molecule has 1 aromatic rings.